The molecule has 0 saturated carbocycles. The van der Waals surface area contributed by atoms with Crippen LogP contribution >= 0.6 is 0 Å². The summed E-state index contributed by atoms with van der Waals surface area (Å²) < 4.78 is 6.84. The third-order valence-corrected chi connectivity index (χ3v) is 4.35. The number of carbonyl (C=O) groups is 1. The van der Waals surface area contributed by atoms with Gasteiger partial charge in [-0.3, -0.25) is 14.4 Å². The Morgan fingerprint density at radius 2 is 2.27 bits per heavy atom. The summed E-state index contributed by atoms with van der Waals surface area (Å²) in [4.78, 5) is 13.9. The predicted octanol–water partition coefficient (Wildman–Crippen LogP) is 1.42. The van der Waals surface area contributed by atoms with E-state index in [4.69, 9.17) is 10.00 Å². The molecular weight excluding hydrogens is 330 g/mol. The molecule has 3 rings (SSSR count). The van der Waals surface area contributed by atoms with Crippen molar-refractivity contribution < 1.29 is 9.53 Å². The number of aryl methyl sites for hydroxylation is 1. The molecule has 0 saturated heterocycles. The molecule has 1 aliphatic heterocycles. The Labute approximate surface area is 153 Å². The molecule has 2 heterocycles. The summed E-state index contributed by atoms with van der Waals surface area (Å²) in [5, 5.41) is 16.5. The number of methoxy groups -OCH3 is 1. The lowest BCUT2D eigenvalue weighted by atomic mass is 10.1. The molecule has 0 bridgehead atoms. The third-order valence-electron chi connectivity index (χ3n) is 4.35. The van der Waals surface area contributed by atoms with Gasteiger partial charge in [-0.05, 0) is 30.2 Å². The van der Waals surface area contributed by atoms with Crippen LogP contribution in [0.2, 0.25) is 0 Å². The van der Waals surface area contributed by atoms with Crippen molar-refractivity contribution in [3.05, 3.63) is 52.8 Å². The van der Waals surface area contributed by atoms with Crippen LogP contribution in [0.5, 0.6) is 0 Å². The average molecular weight is 353 g/mol. The van der Waals surface area contributed by atoms with Gasteiger partial charge in [0.2, 0.25) is 5.91 Å². The number of nitrogens with zero attached hydrogens (tertiary/aromatic N) is 4. The van der Waals surface area contributed by atoms with E-state index in [1.165, 1.54) is 7.11 Å². The molecule has 0 atom stereocenters. The molecule has 2 aromatic rings. The van der Waals surface area contributed by atoms with Crippen molar-refractivity contribution in [2.24, 2.45) is 0 Å². The average Bonchev–Trinajstić information content (AvgIpc) is 2.92. The highest BCUT2D eigenvalue weighted by Crippen LogP contribution is 2.17. The number of carbonyl (C=O) groups excluding carboxylic acids is 1. The van der Waals surface area contributed by atoms with Gasteiger partial charge in [-0.25, -0.2) is 0 Å². The fourth-order valence-electron chi connectivity index (χ4n) is 3.18. The van der Waals surface area contributed by atoms with E-state index in [9.17, 15) is 4.79 Å². The molecule has 0 aliphatic carbocycles. The van der Waals surface area contributed by atoms with Crippen molar-refractivity contribution in [3.8, 4) is 6.07 Å². The first-order valence-electron chi connectivity index (χ1n) is 8.70. The molecule has 1 aromatic heterocycles. The van der Waals surface area contributed by atoms with Crippen molar-refractivity contribution in [1.82, 2.24) is 20.0 Å². The van der Waals surface area contributed by atoms with E-state index in [1.807, 2.05) is 22.9 Å². The minimum Gasteiger partial charge on any atom is -0.375 e. The second-order valence-corrected chi connectivity index (χ2v) is 6.44. The lowest BCUT2D eigenvalue weighted by Crippen LogP contribution is -2.26. The lowest BCUT2D eigenvalue weighted by Gasteiger charge is -2.19. The van der Waals surface area contributed by atoms with Crippen LogP contribution in [0, 0.1) is 11.3 Å². The normalized spacial score (nSPS) is 14.3. The number of benzene rings is 1. The SMILES string of the molecule is COCC(=O)NCc1cc2n(n1)CCCN(Cc1cccc(C#N)c1)C2. The van der Waals surface area contributed by atoms with Gasteiger partial charge in [-0.15, -0.1) is 0 Å². The molecule has 7 heteroatoms. The lowest BCUT2D eigenvalue weighted by molar-refractivity contribution is -0.124. The van der Waals surface area contributed by atoms with Crippen molar-refractivity contribution in [2.45, 2.75) is 32.6 Å². The number of nitrogens with one attached hydrogen (secondary N) is 1. The summed E-state index contributed by atoms with van der Waals surface area (Å²) in [6, 6.07) is 12.0. The van der Waals surface area contributed by atoms with Crippen molar-refractivity contribution >= 4 is 5.91 Å². The van der Waals surface area contributed by atoms with E-state index in [1.54, 1.807) is 0 Å². The van der Waals surface area contributed by atoms with Gasteiger partial charge in [0.25, 0.3) is 0 Å². The maximum Gasteiger partial charge on any atom is 0.246 e. The topological polar surface area (TPSA) is 83.2 Å². The zero-order valence-corrected chi connectivity index (χ0v) is 14.9. The Morgan fingerprint density at radius 3 is 3.08 bits per heavy atom. The van der Waals surface area contributed by atoms with Gasteiger partial charge in [0, 0.05) is 33.3 Å². The zero-order valence-electron chi connectivity index (χ0n) is 14.9. The number of hydrogen-bond acceptors (Lipinski definition) is 5. The van der Waals surface area contributed by atoms with Crippen LogP contribution < -0.4 is 5.32 Å². The second-order valence-electron chi connectivity index (χ2n) is 6.44. The molecule has 0 unspecified atom stereocenters. The van der Waals surface area contributed by atoms with Gasteiger partial charge in [0.15, 0.2) is 0 Å². The van der Waals surface area contributed by atoms with Crippen molar-refractivity contribution in [2.75, 3.05) is 20.3 Å². The first-order chi connectivity index (χ1) is 12.7. The predicted molar refractivity (Wildman–Crippen MR) is 95.8 cm³/mol. The molecule has 1 N–H and O–H groups in total. The van der Waals surface area contributed by atoms with E-state index < -0.39 is 0 Å². The molecule has 0 radical (unpaired) electrons. The molecular formula is C19H23N5O2. The Bertz CT molecular complexity index is 809. The van der Waals surface area contributed by atoms with E-state index in [2.05, 4.69) is 33.5 Å². The molecule has 26 heavy (non-hydrogen) atoms. The van der Waals surface area contributed by atoms with Gasteiger partial charge < -0.3 is 10.1 Å². The molecule has 1 amide bonds. The van der Waals surface area contributed by atoms with E-state index in [-0.39, 0.29) is 12.5 Å². The summed E-state index contributed by atoms with van der Waals surface area (Å²) in [6.07, 6.45) is 1.02. The van der Waals surface area contributed by atoms with Gasteiger partial charge in [0.1, 0.15) is 6.61 Å². The van der Waals surface area contributed by atoms with Crippen LogP contribution in [0.4, 0.5) is 0 Å². The van der Waals surface area contributed by atoms with Gasteiger partial charge >= 0.3 is 0 Å². The van der Waals surface area contributed by atoms with Crippen LogP contribution in [0.15, 0.2) is 30.3 Å². The molecule has 0 fully saturated rings. The number of amides is 1. The summed E-state index contributed by atoms with van der Waals surface area (Å²) in [6.45, 7) is 3.93. The Morgan fingerprint density at radius 1 is 1.38 bits per heavy atom. The number of rotatable bonds is 6. The monoisotopic (exact) mass is 353 g/mol. The maximum atomic E-state index is 11.5. The number of hydrogen-bond donors (Lipinski definition) is 1. The molecule has 1 aromatic carbocycles. The Kier molecular flexibility index (Phi) is 6.00. The highest BCUT2D eigenvalue weighted by Gasteiger charge is 2.17. The summed E-state index contributed by atoms with van der Waals surface area (Å²) in [7, 11) is 1.50. The van der Waals surface area contributed by atoms with E-state index in [0.29, 0.717) is 12.1 Å². The minimum absolute atomic E-state index is 0.0586. The summed E-state index contributed by atoms with van der Waals surface area (Å²) in [5.74, 6) is -0.144. The maximum absolute atomic E-state index is 11.5. The van der Waals surface area contributed by atoms with Gasteiger partial charge in [-0.2, -0.15) is 10.4 Å². The number of ether oxygens (including phenoxy) is 1. The van der Waals surface area contributed by atoms with Crippen molar-refractivity contribution in [1.29, 1.82) is 5.26 Å². The summed E-state index contributed by atoms with van der Waals surface area (Å²) >= 11 is 0. The fourth-order valence-corrected chi connectivity index (χ4v) is 3.18. The van der Waals surface area contributed by atoms with E-state index >= 15 is 0 Å². The van der Waals surface area contributed by atoms with Gasteiger partial charge in [0.05, 0.1) is 29.6 Å². The first kappa shape index (κ1) is 18.1. The molecule has 136 valence electrons. The Balaban J connectivity index is 1.64. The second kappa shape index (κ2) is 8.61. The number of fused-ring (bicyclic) bond motifs is 1. The van der Waals surface area contributed by atoms with Crippen molar-refractivity contribution in [3.63, 3.8) is 0 Å². The Hall–Kier alpha value is -2.69. The standard InChI is InChI=1S/C19H23N5O2/c1-26-14-19(25)21-11-17-9-18-13-23(6-3-7-24(18)22-17)12-16-5-2-4-15(8-16)10-20/h2,4-5,8-9H,3,6-7,11-14H2,1H3,(H,21,25). The minimum atomic E-state index is -0.144. The summed E-state index contributed by atoms with van der Waals surface area (Å²) in [5.41, 5.74) is 3.84. The quantitative estimate of drug-likeness (QED) is 0.849. The van der Waals surface area contributed by atoms with E-state index in [0.717, 1.165) is 49.6 Å². The van der Waals surface area contributed by atoms with Crippen LogP contribution in [-0.4, -0.2) is 40.8 Å². The number of nitriles is 1. The largest absolute Gasteiger partial charge is 0.375 e. The zero-order chi connectivity index (χ0) is 18.4. The number of aromatic nitrogens is 2. The molecule has 0 spiro atoms. The highest BCUT2D eigenvalue weighted by molar-refractivity contribution is 5.77. The van der Waals surface area contributed by atoms with Crippen LogP contribution in [0.1, 0.15) is 28.9 Å². The smallest absolute Gasteiger partial charge is 0.246 e. The fraction of sp³-hybridized carbons (Fsp3) is 0.421. The molecule has 1 aliphatic rings. The first-order valence-corrected chi connectivity index (χ1v) is 8.70. The van der Waals surface area contributed by atoms with Gasteiger partial charge in [-0.1, -0.05) is 12.1 Å². The van der Waals surface area contributed by atoms with Crippen LogP contribution in [-0.2, 0) is 35.7 Å². The third kappa shape index (κ3) is 4.69. The van der Waals surface area contributed by atoms with Crippen LogP contribution in [0.3, 0.4) is 0 Å². The van der Waals surface area contributed by atoms with Crippen LogP contribution in [0.25, 0.3) is 0 Å². The highest BCUT2D eigenvalue weighted by atomic mass is 16.5. The molecule has 7 nitrogen and oxygen atoms in total.